The van der Waals surface area contributed by atoms with Gasteiger partial charge in [-0.2, -0.15) is 0 Å². The topological polar surface area (TPSA) is 67.2 Å². The average Bonchev–Trinajstić information content (AvgIpc) is 2.30. The Balaban J connectivity index is 2.69. The van der Waals surface area contributed by atoms with Gasteiger partial charge in [0.15, 0.2) is 0 Å². The lowest BCUT2D eigenvalue weighted by atomic mass is 10.1. The molecule has 0 saturated heterocycles. The maximum atomic E-state index is 11.8. The van der Waals surface area contributed by atoms with E-state index in [0.29, 0.717) is 15.7 Å². The SMILES string of the molecule is CC(C)C(NC(=O)Nc1ccc(Cl)c(Cl)c1)C(N)=S. The lowest BCUT2D eigenvalue weighted by Crippen LogP contribution is -2.48. The number of amides is 2. The third kappa shape index (κ3) is 4.86. The Bertz CT molecular complexity index is 494. The quantitative estimate of drug-likeness (QED) is 0.745. The van der Waals surface area contributed by atoms with Crippen LogP contribution in [-0.4, -0.2) is 17.1 Å². The fraction of sp³-hybridized carbons (Fsp3) is 0.333. The van der Waals surface area contributed by atoms with Crippen molar-refractivity contribution < 1.29 is 4.79 Å². The minimum Gasteiger partial charge on any atom is -0.392 e. The third-order valence-corrected chi connectivity index (χ3v) is 3.43. The van der Waals surface area contributed by atoms with Crippen LogP contribution in [0.1, 0.15) is 13.8 Å². The fourth-order valence-electron chi connectivity index (χ4n) is 1.45. The highest BCUT2D eigenvalue weighted by molar-refractivity contribution is 7.80. The smallest absolute Gasteiger partial charge is 0.319 e. The van der Waals surface area contributed by atoms with E-state index in [1.54, 1.807) is 18.2 Å². The summed E-state index contributed by atoms with van der Waals surface area (Å²) >= 11 is 16.6. The summed E-state index contributed by atoms with van der Waals surface area (Å²) < 4.78 is 0. The van der Waals surface area contributed by atoms with Gasteiger partial charge in [0.2, 0.25) is 0 Å². The molecule has 0 aliphatic rings. The van der Waals surface area contributed by atoms with E-state index in [0.717, 1.165) is 0 Å². The highest BCUT2D eigenvalue weighted by Gasteiger charge is 2.18. The molecule has 0 spiro atoms. The van der Waals surface area contributed by atoms with Crippen LogP contribution in [0.15, 0.2) is 18.2 Å². The molecule has 1 aromatic carbocycles. The van der Waals surface area contributed by atoms with Crippen LogP contribution in [-0.2, 0) is 0 Å². The van der Waals surface area contributed by atoms with Crippen molar-refractivity contribution in [1.29, 1.82) is 0 Å². The third-order valence-electron chi connectivity index (χ3n) is 2.44. The number of anilines is 1. The fourth-order valence-corrected chi connectivity index (χ4v) is 2.08. The molecule has 1 rings (SSSR count). The zero-order valence-electron chi connectivity index (χ0n) is 10.5. The van der Waals surface area contributed by atoms with Crippen molar-refractivity contribution in [3.05, 3.63) is 28.2 Å². The van der Waals surface area contributed by atoms with E-state index >= 15 is 0 Å². The van der Waals surface area contributed by atoms with Crippen molar-refractivity contribution in [1.82, 2.24) is 5.32 Å². The molecule has 0 aliphatic heterocycles. The van der Waals surface area contributed by atoms with E-state index in [4.69, 9.17) is 41.2 Å². The molecule has 0 aromatic heterocycles. The number of hydrogen-bond acceptors (Lipinski definition) is 2. The maximum absolute atomic E-state index is 11.8. The minimum atomic E-state index is -0.398. The lowest BCUT2D eigenvalue weighted by molar-refractivity contribution is 0.248. The monoisotopic (exact) mass is 319 g/mol. The van der Waals surface area contributed by atoms with E-state index in [1.165, 1.54) is 0 Å². The normalized spacial score (nSPS) is 12.1. The number of carbonyl (C=O) groups excluding carboxylic acids is 1. The molecule has 0 heterocycles. The van der Waals surface area contributed by atoms with Crippen LogP contribution in [0.25, 0.3) is 0 Å². The highest BCUT2D eigenvalue weighted by Crippen LogP contribution is 2.24. The zero-order chi connectivity index (χ0) is 14.6. The van der Waals surface area contributed by atoms with Crippen molar-refractivity contribution >= 4 is 52.1 Å². The first-order valence-electron chi connectivity index (χ1n) is 5.63. The number of thiocarbonyl (C=S) groups is 1. The highest BCUT2D eigenvalue weighted by atomic mass is 35.5. The molecule has 2 amide bonds. The second-order valence-corrected chi connectivity index (χ2v) is 5.64. The van der Waals surface area contributed by atoms with E-state index in [9.17, 15) is 4.79 Å². The number of nitrogens with one attached hydrogen (secondary N) is 2. The molecule has 7 heteroatoms. The van der Waals surface area contributed by atoms with Gasteiger partial charge in [0, 0.05) is 5.69 Å². The molecular weight excluding hydrogens is 305 g/mol. The molecule has 1 aromatic rings. The van der Waals surface area contributed by atoms with Crippen molar-refractivity contribution in [2.45, 2.75) is 19.9 Å². The van der Waals surface area contributed by atoms with Gasteiger partial charge in [-0.15, -0.1) is 0 Å². The number of rotatable bonds is 4. The number of nitrogens with two attached hydrogens (primary N) is 1. The van der Waals surface area contributed by atoms with Crippen LogP contribution < -0.4 is 16.4 Å². The zero-order valence-corrected chi connectivity index (χ0v) is 12.9. The Morgan fingerprint density at radius 1 is 1.32 bits per heavy atom. The number of urea groups is 1. The predicted molar refractivity (Wildman–Crippen MR) is 84.0 cm³/mol. The van der Waals surface area contributed by atoms with Crippen molar-refractivity contribution in [2.24, 2.45) is 11.7 Å². The van der Waals surface area contributed by atoms with Gasteiger partial charge in [-0.05, 0) is 24.1 Å². The molecule has 0 aliphatic carbocycles. The predicted octanol–water partition coefficient (Wildman–Crippen LogP) is 3.43. The molecule has 1 unspecified atom stereocenters. The van der Waals surface area contributed by atoms with Crippen molar-refractivity contribution in [2.75, 3.05) is 5.32 Å². The standard InChI is InChI=1S/C12H15Cl2N3OS/c1-6(2)10(11(15)19)17-12(18)16-7-3-4-8(13)9(14)5-7/h3-6,10H,1-2H3,(H2,15,19)(H2,16,17,18). The second-order valence-electron chi connectivity index (χ2n) is 4.35. The summed E-state index contributed by atoms with van der Waals surface area (Å²) in [5.74, 6) is 0.108. The molecule has 0 radical (unpaired) electrons. The average molecular weight is 320 g/mol. The number of benzene rings is 1. The van der Waals surface area contributed by atoms with Gasteiger partial charge in [-0.25, -0.2) is 4.79 Å². The van der Waals surface area contributed by atoms with Crippen LogP contribution in [0.3, 0.4) is 0 Å². The summed E-state index contributed by atoms with van der Waals surface area (Å²) in [4.78, 5) is 12.1. The number of carbonyl (C=O) groups is 1. The Kier molecular flexibility index (Phi) is 5.85. The van der Waals surface area contributed by atoms with E-state index in [1.807, 2.05) is 13.8 Å². The van der Waals surface area contributed by atoms with Crippen LogP contribution in [0, 0.1) is 5.92 Å². The van der Waals surface area contributed by atoms with Crippen molar-refractivity contribution in [3.63, 3.8) is 0 Å². The van der Waals surface area contributed by atoms with Gasteiger partial charge >= 0.3 is 6.03 Å². The number of halogens is 2. The van der Waals surface area contributed by atoms with Gasteiger partial charge in [-0.3, -0.25) is 0 Å². The molecule has 19 heavy (non-hydrogen) atoms. The summed E-state index contributed by atoms with van der Waals surface area (Å²) in [6, 6.07) is 4.06. The first kappa shape index (κ1) is 16.0. The Hall–Kier alpha value is -1.04. The first-order valence-corrected chi connectivity index (χ1v) is 6.79. The summed E-state index contributed by atoms with van der Waals surface area (Å²) in [6.07, 6.45) is 0. The second kappa shape index (κ2) is 6.93. The van der Waals surface area contributed by atoms with E-state index < -0.39 is 6.03 Å². The Labute approximate surface area is 127 Å². The molecule has 1 atom stereocenters. The Morgan fingerprint density at radius 2 is 1.95 bits per heavy atom. The molecule has 0 bridgehead atoms. The molecule has 104 valence electrons. The lowest BCUT2D eigenvalue weighted by Gasteiger charge is -2.21. The van der Waals surface area contributed by atoms with Gasteiger partial charge in [0.1, 0.15) is 0 Å². The van der Waals surface area contributed by atoms with Crippen molar-refractivity contribution in [3.8, 4) is 0 Å². The molecule has 0 saturated carbocycles. The van der Waals surface area contributed by atoms with E-state index in [-0.39, 0.29) is 16.9 Å². The maximum Gasteiger partial charge on any atom is 0.319 e. The summed E-state index contributed by atoms with van der Waals surface area (Å²) in [7, 11) is 0. The van der Waals surface area contributed by atoms with Gasteiger partial charge in [-0.1, -0.05) is 49.3 Å². The van der Waals surface area contributed by atoms with Crippen LogP contribution in [0.5, 0.6) is 0 Å². The molecule has 4 N–H and O–H groups in total. The summed E-state index contributed by atoms with van der Waals surface area (Å²) in [6.45, 7) is 3.84. The Morgan fingerprint density at radius 3 is 2.42 bits per heavy atom. The molecular formula is C12H15Cl2N3OS. The number of hydrogen-bond donors (Lipinski definition) is 3. The largest absolute Gasteiger partial charge is 0.392 e. The van der Waals surface area contributed by atoms with E-state index in [2.05, 4.69) is 10.6 Å². The summed E-state index contributed by atoms with van der Waals surface area (Å²) in [5, 5.41) is 6.14. The first-order chi connectivity index (χ1) is 8.81. The molecule has 0 fully saturated rings. The minimum absolute atomic E-state index is 0.108. The van der Waals surface area contributed by atoms with Gasteiger partial charge < -0.3 is 16.4 Å². The summed E-state index contributed by atoms with van der Waals surface area (Å²) in [5.41, 5.74) is 6.11. The molecule has 4 nitrogen and oxygen atoms in total. The van der Waals surface area contributed by atoms with Crippen LogP contribution in [0.4, 0.5) is 10.5 Å². The van der Waals surface area contributed by atoms with Gasteiger partial charge in [0.05, 0.1) is 21.1 Å². The van der Waals surface area contributed by atoms with Crippen LogP contribution >= 0.6 is 35.4 Å². The van der Waals surface area contributed by atoms with Gasteiger partial charge in [0.25, 0.3) is 0 Å². The van der Waals surface area contributed by atoms with Crippen LogP contribution in [0.2, 0.25) is 10.0 Å².